The van der Waals surface area contributed by atoms with Crippen LogP contribution in [0.5, 0.6) is 5.75 Å². The maximum Gasteiger partial charge on any atom is 0.211 e. The molecule has 2 N–H and O–H groups in total. The molecule has 5 nitrogen and oxygen atoms in total. The molecule has 0 saturated carbocycles. The van der Waals surface area contributed by atoms with Gasteiger partial charge >= 0.3 is 0 Å². The van der Waals surface area contributed by atoms with E-state index in [1.165, 1.54) is 0 Å². The predicted octanol–water partition coefficient (Wildman–Crippen LogP) is 2.88. The molecule has 0 fully saturated rings. The normalized spacial score (nSPS) is 11.7. The highest BCUT2D eigenvalue weighted by atomic mass is 32.2. The topological polar surface area (TPSA) is 71.2 Å². The minimum atomic E-state index is -3.31. The first-order valence-electron chi connectivity index (χ1n) is 8.23. The first-order chi connectivity index (χ1) is 12.1. The molecule has 0 aliphatic rings. The van der Waals surface area contributed by atoms with Crippen LogP contribution in [0, 0.1) is 0 Å². The van der Waals surface area contributed by atoms with Gasteiger partial charge in [0, 0.05) is 23.6 Å². The summed E-state index contributed by atoms with van der Waals surface area (Å²) in [4.78, 5) is 3.20. The van der Waals surface area contributed by atoms with Crippen molar-refractivity contribution < 1.29 is 13.2 Å². The Hall–Kier alpha value is -2.31. The summed E-state index contributed by atoms with van der Waals surface area (Å²) in [6, 6.07) is 15.5. The van der Waals surface area contributed by atoms with E-state index < -0.39 is 10.0 Å². The molecule has 3 aromatic rings. The van der Waals surface area contributed by atoms with Gasteiger partial charge in [0.05, 0.1) is 12.9 Å². The van der Waals surface area contributed by atoms with Crippen molar-refractivity contribution in [2.24, 2.45) is 0 Å². The van der Waals surface area contributed by atoms with Crippen LogP contribution in [0.1, 0.15) is 11.1 Å². The standard InChI is InChI=1S/C19H22N2O3S/c1-24-17-6-4-5-15(13-17)10-12-25(22,23)21-11-9-16-14-20-19-8-3-2-7-18(16)19/h2-8,13-14,20-21H,9-12H2,1H3. The van der Waals surface area contributed by atoms with E-state index in [4.69, 9.17) is 4.74 Å². The Morgan fingerprint density at radius 1 is 1.08 bits per heavy atom. The van der Waals surface area contributed by atoms with Gasteiger partial charge in [0.25, 0.3) is 0 Å². The van der Waals surface area contributed by atoms with Crippen LogP contribution < -0.4 is 9.46 Å². The average molecular weight is 358 g/mol. The number of benzene rings is 2. The molecule has 0 amide bonds. The van der Waals surface area contributed by atoms with Crippen LogP contribution in [0.25, 0.3) is 10.9 Å². The van der Waals surface area contributed by atoms with Crippen molar-refractivity contribution in [2.75, 3.05) is 19.4 Å². The van der Waals surface area contributed by atoms with Crippen molar-refractivity contribution in [3.05, 3.63) is 65.9 Å². The van der Waals surface area contributed by atoms with E-state index in [1.807, 2.05) is 54.7 Å². The molecule has 25 heavy (non-hydrogen) atoms. The number of aromatic nitrogens is 1. The number of H-pyrrole nitrogens is 1. The Morgan fingerprint density at radius 2 is 1.92 bits per heavy atom. The number of aryl methyl sites for hydroxylation is 1. The number of sulfonamides is 1. The first kappa shape index (κ1) is 17.5. The highest BCUT2D eigenvalue weighted by Crippen LogP contribution is 2.18. The van der Waals surface area contributed by atoms with Crippen molar-refractivity contribution >= 4 is 20.9 Å². The number of hydrogen-bond acceptors (Lipinski definition) is 3. The maximum absolute atomic E-state index is 12.2. The van der Waals surface area contributed by atoms with Gasteiger partial charge in [-0.2, -0.15) is 0 Å². The molecule has 0 aliphatic heterocycles. The number of aromatic amines is 1. The van der Waals surface area contributed by atoms with Gasteiger partial charge < -0.3 is 9.72 Å². The molecule has 0 unspecified atom stereocenters. The molecule has 0 aliphatic carbocycles. The fourth-order valence-electron chi connectivity index (χ4n) is 2.83. The van der Waals surface area contributed by atoms with Crippen molar-refractivity contribution in [3.8, 4) is 5.75 Å². The number of nitrogens with one attached hydrogen (secondary N) is 2. The second-order valence-electron chi connectivity index (χ2n) is 5.92. The van der Waals surface area contributed by atoms with Gasteiger partial charge in [-0.05, 0) is 42.2 Å². The number of ether oxygens (including phenoxy) is 1. The minimum Gasteiger partial charge on any atom is -0.497 e. The fourth-order valence-corrected chi connectivity index (χ4v) is 3.89. The highest BCUT2D eigenvalue weighted by Gasteiger charge is 2.11. The monoisotopic (exact) mass is 358 g/mol. The van der Waals surface area contributed by atoms with Crippen LogP contribution in [-0.2, 0) is 22.9 Å². The molecule has 1 aromatic heterocycles. The minimum absolute atomic E-state index is 0.0635. The maximum atomic E-state index is 12.2. The molecule has 0 saturated heterocycles. The van der Waals surface area contributed by atoms with Crippen LogP contribution in [0.15, 0.2) is 54.7 Å². The number of rotatable bonds is 8. The smallest absolute Gasteiger partial charge is 0.211 e. The number of hydrogen-bond donors (Lipinski definition) is 2. The largest absolute Gasteiger partial charge is 0.497 e. The lowest BCUT2D eigenvalue weighted by Crippen LogP contribution is -2.29. The Labute approximate surface area is 148 Å². The summed E-state index contributed by atoms with van der Waals surface area (Å²) in [5.74, 6) is 0.802. The lowest BCUT2D eigenvalue weighted by molar-refractivity contribution is 0.414. The summed E-state index contributed by atoms with van der Waals surface area (Å²) in [5.41, 5.74) is 3.13. The van der Waals surface area contributed by atoms with Gasteiger partial charge in [0.2, 0.25) is 10.0 Å². The Morgan fingerprint density at radius 3 is 2.76 bits per heavy atom. The van der Waals surface area contributed by atoms with E-state index in [9.17, 15) is 8.42 Å². The second-order valence-corrected chi connectivity index (χ2v) is 7.85. The van der Waals surface area contributed by atoms with E-state index in [1.54, 1.807) is 7.11 Å². The number of methoxy groups -OCH3 is 1. The Bertz CT molecular complexity index is 948. The fraction of sp³-hybridized carbons (Fsp3) is 0.263. The van der Waals surface area contributed by atoms with Gasteiger partial charge in [-0.25, -0.2) is 13.1 Å². The molecule has 0 atom stereocenters. The van der Waals surface area contributed by atoms with Gasteiger partial charge in [-0.3, -0.25) is 0 Å². The van der Waals surface area contributed by atoms with Crippen LogP contribution in [0.3, 0.4) is 0 Å². The number of para-hydroxylation sites is 1. The number of fused-ring (bicyclic) bond motifs is 1. The van der Waals surface area contributed by atoms with Crippen molar-refractivity contribution in [1.29, 1.82) is 0 Å². The van der Waals surface area contributed by atoms with Crippen LogP contribution >= 0.6 is 0 Å². The summed E-state index contributed by atoms with van der Waals surface area (Å²) < 4.78 is 32.2. The molecular formula is C19H22N2O3S. The molecule has 0 spiro atoms. The zero-order valence-electron chi connectivity index (χ0n) is 14.2. The molecule has 0 bridgehead atoms. The van der Waals surface area contributed by atoms with Gasteiger partial charge in [0.15, 0.2) is 0 Å². The molecule has 3 rings (SSSR count). The predicted molar refractivity (Wildman–Crippen MR) is 100 cm³/mol. The Balaban J connectivity index is 1.53. The van der Waals surface area contributed by atoms with Crippen molar-refractivity contribution in [2.45, 2.75) is 12.8 Å². The van der Waals surface area contributed by atoms with Gasteiger partial charge in [0.1, 0.15) is 5.75 Å². The van der Waals surface area contributed by atoms with Crippen LogP contribution in [0.4, 0.5) is 0 Å². The van der Waals surface area contributed by atoms with Gasteiger partial charge in [-0.1, -0.05) is 30.3 Å². The van der Waals surface area contributed by atoms with Crippen molar-refractivity contribution in [1.82, 2.24) is 9.71 Å². The molecule has 0 radical (unpaired) electrons. The second kappa shape index (κ2) is 7.72. The van der Waals surface area contributed by atoms with Crippen LogP contribution in [0.2, 0.25) is 0 Å². The Kier molecular flexibility index (Phi) is 5.40. The van der Waals surface area contributed by atoms with E-state index in [2.05, 4.69) is 9.71 Å². The quantitative estimate of drug-likeness (QED) is 0.650. The summed E-state index contributed by atoms with van der Waals surface area (Å²) in [5, 5.41) is 1.14. The summed E-state index contributed by atoms with van der Waals surface area (Å²) in [7, 11) is -1.71. The third-order valence-corrected chi connectivity index (χ3v) is 5.57. The molecule has 132 valence electrons. The van der Waals surface area contributed by atoms with E-state index in [-0.39, 0.29) is 5.75 Å². The summed E-state index contributed by atoms with van der Waals surface area (Å²) in [6.45, 7) is 0.391. The molecule has 1 heterocycles. The summed E-state index contributed by atoms with van der Waals surface area (Å²) in [6.07, 6.45) is 3.05. The molecule has 2 aromatic carbocycles. The third-order valence-electron chi connectivity index (χ3n) is 4.18. The zero-order chi connectivity index (χ0) is 17.7. The van der Waals surface area contributed by atoms with E-state index >= 15 is 0 Å². The zero-order valence-corrected chi connectivity index (χ0v) is 15.0. The molecular weight excluding hydrogens is 336 g/mol. The SMILES string of the molecule is COc1cccc(CCS(=O)(=O)NCCc2c[nH]c3ccccc23)c1. The van der Waals surface area contributed by atoms with E-state index in [0.717, 1.165) is 27.8 Å². The average Bonchev–Trinajstić information content (AvgIpc) is 3.03. The van der Waals surface area contributed by atoms with Gasteiger partial charge in [-0.15, -0.1) is 0 Å². The summed E-state index contributed by atoms with van der Waals surface area (Å²) >= 11 is 0. The highest BCUT2D eigenvalue weighted by molar-refractivity contribution is 7.89. The third kappa shape index (κ3) is 4.61. The van der Waals surface area contributed by atoms with Crippen molar-refractivity contribution in [3.63, 3.8) is 0 Å². The first-order valence-corrected chi connectivity index (χ1v) is 9.88. The lowest BCUT2D eigenvalue weighted by atomic mass is 10.1. The molecule has 6 heteroatoms. The van der Waals surface area contributed by atoms with Crippen LogP contribution in [-0.4, -0.2) is 32.8 Å². The van der Waals surface area contributed by atoms with E-state index in [0.29, 0.717) is 19.4 Å². The lowest BCUT2D eigenvalue weighted by Gasteiger charge is -2.07.